The lowest BCUT2D eigenvalue weighted by Crippen LogP contribution is -2.16. The van der Waals surface area contributed by atoms with Gasteiger partial charge in [-0.1, -0.05) is 13.3 Å². The molecule has 0 aliphatic carbocycles. The van der Waals surface area contributed by atoms with E-state index in [4.69, 9.17) is 9.47 Å². The molecule has 0 spiro atoms. The predicted molar refractivity (Wildman–Crippen MR) is 85.2 cm³/mol. The Balaban J connectivity index is 2.68. The Morgan fingerprint density at radius 2 is 2.10 bits per heavy atom. The quantitative estimate of drug-likeness (QED) is 0.651. The third-order valence-electron chi connectivity index (χ3n) is 3.05. The summed E-state index contributed by atoms with van der Waals surface area (Å²) in [6, 6.07) is 5.45. The van der Waals surface area contributed by atoms with Crippen LogP contribution in [0.25, 0.3) is 0 Å². The molecule has 0 saturated carbocycles. The highest BCUT2D eigenvalue weighted by Crippen LogP contribution is 2.29. The van der Waals surface area contributed by atoms with Crippen LogP contribution in [0.2, 0.25) is 0 Å². The van der Waals surface area contributed by atoms with Crippen LogP contribution in [-0.2, 0) is 4.79 Å². The molecule has 0 atom stereocenters. The molecule has 1 rings (SSSR count). The Morgan fingerprint density at radius 3 is 2.76 bits per heavy atom. The number of methoxy groups -OCH3 is 1. The zero-order chi connectivity index (χ0) is 15.5. The number of carbonyl (C=O) groups excluding carboxylic acids is 1. The van der Waals surface area contributed by atoms with Crippen molar-refractivity contribution in [2.75, 3.05) is 32.6 Å². The van der Waals surface area contributed by atoms with Crippen molar-refractivity contribution in [2.45, 2.75) is 32.6 Å². The average molecular weight is 294 g/mol. The summed E-state index contributed by atoms with van der Waals surface area (Å²) in [5, 5.41) is 5.93. The van der Waals surface area contributed by atoms with Crippen molar-refractivity contribution < 1.29 is 14.3 Å². The van der Waals surface area contributed by atoms with Gasteiger partial charge in [0.2, 0.25) is 5.91 Å². The van der Waals surface area contributed by atoms with Gasteiger partial charge in [0.15, 0.2) is 0 Å². The molecule has 0 aromatic heterocycles. The minimum absolute atomic E-state index is 0.0150. The number of amides is 1. The van der Waals surface area contributed by atoms with Gasteiger partial charge < -0.3 is 20.1 Å². The van der Waals surface area contributed by atoms with Crippen LogP contribution in [0.15, 0.2) is 18.2 Å². The van der Waals surface area contributed by atoms with Crippen molar-refractivity contribution in [3.63, 3.8) is 0 Å². The number of benzene rings is 1. The van der Waals surface area contributed by atoms with Crippen LogP contribution in [0.5, 0.6) is 11.5 Å². The number of rotatable bonds is 10. The van der Waals surface area contributed by atoms with E-state index >= 15 is 0 Å². The van der Waals surface area contributed by atoms with E-state index < -0.39 is 0 Å². The van der Waals surface area contributed by atoms with Gasteiger partial charge in [-0.3, -0.25) is 4.79 Å². The van der Waals surface area contributed by atoms with Gasteiger partial charge in [0.05, 0.1) is 19.4 Å². The van der Waals surface area contributed by atoms with Crippen molar-refractivity contribution in [2.24, 2.45) is 0 Å². The maximum Gasteiger partial charge on any atom is 0.224 e. The zero-order valence-corrected chi connectivity index (χ0v) is 13.2. The molecule has 118 valence electrons. The molecule has 0 bridgehead atoms. The summed E-state index contributed by atoms with van der Waals surface area (Å²) < 4.78 is 10.9. The molecule has 0 aliphatic heterocycles. The van der Waals surface area contributed by atoms with Gasteiger partial charge in [-0.05, 0) is 38.6 Å². The largest absolute Gasteiger partial charge is 0.497 e. The standard InChI is InChI=1S/C16H26N2O3/c1-4-5-11-21-15-9-8-13(20-3)12-14(15)18-16(19)7-6-10-17-2/h8-9,12,17H,4-7,10-11H2,1-3H3,(H,18,19). The lowest BCUT2D eigenvalue weighted by atomic mass is 10.2. The molecular weight excluding hydrogens is 268 g/mol. The molecule has 21 heavy (non-hydrogen) atoms. The normalized spacial score (nSPS) is 10.2. The Kier molecular flexibility index (Phi) is 8.28. The minimum Gasteiger partial charge on any atom is -0.497 e. The van der Waals surface area contributed by atoms with Crippen LogP contribution in [0.1, 0.15) is 32.6 Å². The summed E-state index contributed by atoms with van der Waals surface area (Å²) >= 11 is 0. The van der Waals surface area contributed by atoms with Crippen molar-refractivity contribution in [3.8, 4) is 11.5 Å². The predicted octanol–water partition coefficient (Wildman–Crippen LogP) is 2.81. The Bertz CT molecular complexity index is 436. The number of hydrogen-bond donors (Lipinski definition) is 2. The molecule has 0 radical (unpaired) electrons. The summed E-state index contributed by atoms with van der Waals surface area (Å²) in [5.41, 5.74) is 0.667. The first-order valence-electron chi connectivity index (χ1n) is 7.46. The monoisotopic (exact) mass is 294 g/mol. The van der Waals surface area contributed by atoms with Gasteiger partial charge in [0.1, 0.15) is 11.5 Å². The SMILES string of the molecule is CCCCOc1ccc(OC)cc1NC(=O)CCCNC. The number of hydrogen-bond acceptors (Lipinski definition) is 4. The van der Waals surface area contributed by atoms with E-state index in [1.807, 2.05) is 19.2 Å². The molecule has 1 aromatic rings. The summed E-state index contributed by atoms with van der Waals surface area (Å²) in [7, 11) is 3.48. The number of unbranched alkanes of at least 4 members (excludes halogenated alkanes) is 1. The zero-order valence-electron chi connectivity index (χ0n) is 13.2. The Morgan fingerprint density at radius 1 is 1.29 bits per heavy atom. The highest BCUT2D eigenvalue weighted by Gasteiger charge is 2.09. The maximum absolute atomic E-state index is 11.9. The second-order valence-electron chi connectivity index (χ2n) is 4.82. The molecule has 5 nitrogen and oxygen atoms in total. The van der Waals surface area contributed by atoms with Gasteiger partial charge >= 0.3 is 0 Å². The lowest BCUT2D eigenvalue weighted by Gasteiger charge is -2.13. The van der Waals surface area contributed by atoms with E-state index in [2.05, 4.69) is 17.6 Å². The molecule has 0 unspecified atom stereocenters. The third kappa shape index (κ3) is 6.49. The summed E-state index contributed by atoms with van der Waals surface area (Å²) in [6.45, 7) is 3.58. The summed E-state index contributed by atoms with van der Waals surface area (Å²) in [6.07, 6.45) is 3.34. The lowest BCUT2D eigenvalue weighted by molar-refractivity contribution is -0.116. The van der Waals surface area contributed by atoms with Gasteiger partial charge in [0.25, 0.3) is 0 Å². The molecule has 2 N–H and O–H groups in total. The molecule has 0 heterocycles. The van der Waals surface area contributed by atoms with Crippen molar-refractivity contribution in [1.29, 1.82) is 0 Å². The van der Waals surface area contributed by atoms with E-state index in [1.165, 1.54) is 0 Å². The molecule has 5 heteroatoms. The van der Waals surface area contributed by atoms with Gasteiger partial charge in [-0.25, -0.2) is 0 Å². The Hall–Kier alpha value is -1.75. The van der Waals surface area contributed by atoms with Crippen molar-refractivity contribution in [1.82, 2.24) is 5.32 Å². The number of carbonyl (C=O) groups is 1. The van der Waals surface area contributed by atoms with Crippen molar-refractivity contribution in [3.05, 3.63) is 18.2 Å². The molecular formula is C16H26N2O3. The second-order valence-corrected chi connectivity index (χ2v) is 4.82. The smallest absolute Gasteiger partial charge is 0.224 e. The summed E-state index contributed by atoms with van der Waals surface area (Å²) in [5.74, 6) is 1.37. The summed E-state index contributed by atoms with van der Waals surface area (Å²) in [4.78, 5) is 11.9. The maximum atomic E-state index is 11.9. The molecule has 0 saturated heterocycles. The van der Waals surface area contributed by atoms with Crippen LogP contribution >= 0.6 is 0 Å². The molecule has 0 aliphatic rings. The highest BCUT2D eigenvalue weighted by molar-refractivity contribution is 5.92. The molecule has 0 fully saturated rings. The van der Waals surface area contributed by atoms with Crippen LogP contribution in [-0.4, -0.2) is 33.2 Å². The highest BCUT2D eigenvalue weighted by atomic mass is 16.5. The van der Waals surface area contributed by atoms with E-state index in [9.17, 15) is 4.79 Å². The number of anilines is 1. The van der Waals surface area contributed by atoms with Gasteiger partial charge in [-0.2, -0.15) is 0 Å². The van der Waals surface area contributed by atoms with Crippen LogP contribution in [0, 0.1) is 0 Å². The average Bonchev–Trinajstić information content (AvgIpc) is 2.49. The van der Waals surface area contributed by atoms with Gasteiger partial charge in [0, 0.05) is 12.5 Å². The topological polar surface area (TPSA) is 59.6 Å². The van der Waals surface area contributed by atoms with Crippen molar-refractivity contribution >= 4 is 11.6 Å². The van der Waals surface area contributed by atoms with Crippen LogP contribution < -0.4 is 20.1 Å². The first-order valence-corrected chi connectivity index (χ1v) is 7.46. The third-order valence-corrected chi connectivity index (χ3v) is 3.05. The van der Waals surface area contributed by atoms with E-state index in [0.29, 0.717) is 30.2 Å². The first kappa shape index (κ1) is 17.3. The van der Waals surface area contributed by atoms with Gasteiger partial charge in [-0.15, -0.1) is 0 Å². The van der Waals surface area contributed by atoms with Crippen LogP contribution in [0.4, 0.5) is 5.69 Å². The minimum atomic E-state index is -0.0150. The molecule has 1 aromatic carbocycles. The van der Waals surface area contributed by atoms with Crippen LogP contribution in [0.3, 0.4) is 0 Å². The molecule has 1 amide bonds. The number of nitrogens with one attached hydrogen (secondary N) is 2. The van der Waals surface area contributed by atoms with E-state index in [1.54, 1.807) is 13.2 Å². The van der Waals surface area contributed by atoms with E-state index in [-0.39, 0.29) is 5.91 Å². The fourth-order valence-electron chi connectivity index (χ4n) is 1.82. The fraction of sp³-hybridized carbons (Fsp3) is 0.562. The first-order chi connectivity index (χ1) is 10.2. The Labute approximate surface area is 127 Å². The number of ether oxygens (including phenoxy) is 2. The fourth-order valence-corrected chi connectivity index (χ4v) is 1.82. The second kappa shape index (κ2) is 10.0. The van der Waals surface area contributed by atoms with E-state index in [0.717, 1.165) is 25.8 Å².